The molecule has 0 saturated heterocycles. The minimum atomic E-state index is 0.428. The van der Waals surface area contributed by atoms with E-state index in [1.807, 2.05) is 0 Å². The Morgan fingerprint density at radius 1 is 1.37 bits per heavy atom. The van der Waals surface area contributed by atoms with Crippen molar-refractivity contribution in [3.63, 3.8) is 0 Å². The summed E-state index contributed by atoms with van der Waals surface area (Å²) < 4.78 is 8.38. The molecular formula is C17H28NO+. The lowest BCUT2D eigenvalue weighted by molar-refractivity contribution is -0.735. The molecule has 3 atom stereocenters. The highest BCUT2D eigenvalue weighted by Crippen LogP contribution is 2.35. The maximum Gasteiger partial charge on any atom is 0.252 e. The summed E-state index contributed by atoms with van der Waals surface area (Å²) in [7, 11) is 0. The van der Waals surface area contributed by atoms with Crippen molar-refractivity contribution in [3.8, 4) is 0 Å². The second kappa shape index (κ2) is 6.51. The normalized spacial score (nSPS) is 27.7. The fourth-order valence-corrected chi connectivity index (χ4v) is 3.22. The van der Waals surface area contributed by atoms with Gasteiger partial charge in [0.2, 0.25) is 0 Å². The molecular weight excluding hydrogens is 234 g/mol. The fourth-order valence-electron chi connectivity index (χ4n) is 3.22. The number of aromatic nitrogens is 1. The number of aryl methyl sites for hydroxylation is 1. The quantitative estimate of drug-likeness (QED) is 0.754. The van der Waals surface area contributed by atoms with Gasteiger partial charge in [0, 0.05) is 11.6 Å². The Balaban J connectivity index is 1.95. The van der Waals surface area contributed by atoms with Crippen molar-refractivity contribution in [3.05, 3.63) is 30.1 Å². The van der Waals surface area contributed by atoms with Gasteiger partial charge >= 0.3 is 0 Å². The van der Waals surface area contributed by atoms with Crippen LogP contribution in [0.2, 0.25) is 0 Å². The van der Waals surface area contributed by atoms with Crippen LogP contribution >= 0.6 is 0 Å². The first-order valence-electron chi connectivity index (χ1n) is 7.63. The summed E-state index contributed by atoms with van der Waals surface area (Å²) in [4.78, 5) is 0. The van der Waals surface area contributed by atoms with Gasteiger partial charge in [-0.2, -0.15) is 4.57 Å². The molecule has 0 bridgehead atoms. The number of pyridine rings is 1. The van der Waals surface area contributed by atoms with Gasteiger partial charge in [0.05, 0.1) is 6.10 Å². The van der Waals surface area contributed by atoms with E-state index in [0.717, 1.165) is 17.8 Å². The maximum absolute atomic E-state index is 6.23. The summed E-state index contributed by atoms with van der Waals surface area (Å²) in [6, 6.07) is 4.21. The third-order valence-corrected chi connectivity index (χ3v) is 4.41. The summed E-state index contributed by atoms with van der Waals surface area (Å²) in [5.74, 6) is 2.25. The van der Waals surface area contributed by atoms with Crippen LogP contribution in [0.3, 0.4) is 0 Å². The third kappa shape index (κ3) is 4.04. The van der Waals surface area contributed by atoms with Crippen molar-refractivity contribution in [2.75, 3.05) is 0 Å². The Hall–Kier alpha value is -0.890. The topological polar surface area (TPSA) is 13.1 Å². The molecule has 2 heteroatoms. The molecule has 106 valence electrons. The first kappa shape index (κ1) is 14.5. The van der Waals surface area contributed by atoms with E-state index in [2.05, 4.69) is 56.8 Å². The van der Waals surface area contributed by atoms with Crippen molar-refractivity contribution in [2.24, 2.45) is 17.8 Å². The summed E-state index contributed by atoms with van der Waals surface area (Å²) in [6.07, 6.45) is 8.56. The van der Waals surface area contributed by atoms with Gasteiger partial charge in [-0.25, -0.2) is 0 Å². The van der Waals surface area contributed by atoms with Crippen LogP contribution in [0.4, 0.5) is 0 Å². The lowest BCUT2D eigenvalue weighted by atomic mass is 9.75. The van der Waals surface area contributed by atoms with Crippen LogP contribution in [0.5, 0.6) is 0 Å². The van der Waals surface area contributed by atoms with Crippen LogP contribution in [0.25, 0.3) is 0 Å². The molecule has 0 amide bonds. The van der Waals surface area contributed by atoms with Crippen LogP contribution in [0, 0.1) is 24.7 Å². The van der Waals surface area contributed by atoms with Crippen LogP contribution in [0.1, 0.15) is 45.6 Å². The molecule has 0 aliphatic heterocycles. The van der Waals surface area contributed by atoms with Crippen molar-refractivity contribution >= 4 is 0 Å². The first-order chi connectivity index (χ1) is 9.06. The van der Waals surface area contributed by atoms with E-state index >= 15 is 0 Å². The molecule has 0 N–H and O–H groups in total. The van der Waals surface area contributed by atoms with Crippen molar-refractivity contribution in [1.82, 2.24) is 0 Å². The fraction of sp³-hybridized carbons (Fsp3) is 0.706. The van der Waals surface area contributed by atoms with Gasteiger partial charge in [-0.3, -0.25) is 0 Å². The number of rotatable bonds is 4. The third-order valence-electron chi connectivity index (χ3n) is 4.41. The summed E-state index contributed by atoms with van der Waals surface area (Å²) in [6.45, 7) is 9.82. The van der Waals surface area contributed by atoms with E-state index in [0.29, 0.717) is 12.8 Å². The Bertz CT molecular complexity index is 402. The molecule has 1 aromatic heterocycles. The molecule has 1 fully saturated rings. The Kier molecular flexibility index (Phi) is 4.98. The molecule has 0 unspecified atom stereocenters. The predicted octanol–water partition coefficient (Wildman–Crippen LogP) is 3.72. The summed E-state index contributed by atoms with van der Waals surface area (Å²) in [5.41, 5.74) is 1.28. The molecule has 19 heavy (non-hydrogen) atoms. The van der Waals surface area contributed by atoms with Crippen molar-refractivity contribution in [1.29, 1.82) is 0 Å². The zero-order chi connectivity index (χ0) is 13.8. The minimum Gasteiger partial charge on any atom is -0.320 e. The highest BCUT2D eigenvalue weighted by Gasteiger charge is 2.31. The molecule has 1 aliphatic carbocycles. The second-order valence-corrected chi connectivity index (χ2v) is 6.56. The number of nitrogens with zero attached hydrogens (tertiary/aromatic N) is 1. The smallest absolute Gasteiger partial charge is 0.252 e. The standard InChI is InChI=1S/C17H28NO/c1-13(2)16-8-7-14(3)10-17(16)19-12-18-9-5-6-15(4)11-18/h5-6,9,11,13-14,16-17H,7-8,10,12H2,1-4H3/q+1/t14-,16+,17-/m1/s1. The van der Waals surface area contributed by atoms with Gasteiger partial charge in [-0.1, -0.05) is 27.2 Å². The van der Waals surface area contributed by atoms with Crippen LogP contribution < -0.4 is 4.57 Å². The first-order valence-corrected chi connectivity index (χ1v) is 7.63. The molecule has 0 aromatic carbocycles. The van der Waals surface area contributed by atoms with Gasteiger partial charge in [-0.05, 0) is 43.6 Å². The molecule has 0 spiro atoms. The van der Waals surface area contributed by atoms with Crippen LogP contribution in [0.15, 0.2) is 24.5 Å². The Labute approximate surface area is 117 Å². The van der Waals surface area contributed by atoms with Crippen molar-refractivity contribution < 1.29 is 9.30 Å². The van der Waals surface area contributed by atoms with Gasteiger partial charge < -0.3 is 4.74 Å². The summed E-state index contributed by atoms with van der Waals surface area (Å²) in [5, 5.41) is 0. The largest absolute Gasteiger partial charge is 0.320 e. The SMILES string of the molecule is Cc1ccc[n+](CO[C@@H]2C[C@H](C)CC[C@H]2C(C)C)c1. The van der Waals surface area contributed by atoms with E-state index in [-0.39, 0.29) is 0 Å². The zero-order valence-electron chi connectivity index (χ0n) is 12.8. The van der Waals surface area contributed by atoms with E-state index in [4.69, 9.17) is 4.74 Å². The molecule has 1 aromatic rings. The van der Waals surface area contributed by atoms with Gasteiger partial charge in [0.25, 0.3) is 6.73 Å². The molecule has 0 radical (unpaired) electrons. The lowest BCUT2D eigenvalue weighted by Gasteiger charge is -2.36. The van der Waals surface area contributed by atoms with Gasteiger partial charge in [-0.15, -0.1) is 0 Å². The van der Waals surface area contributed by atoms with Gasteiger partial charge in [0.15, 0.2) is 12.4 Å². The second-order valence-electron chi connectivity index (χ2n) is 6.56. The van der Waals surface area contributed by atoms with E-state index in [9.17, 15) is 0 Å². The predicted molar refractivity (Wildman–Crippen MR) is 77.6 cm³/mol. The van der Waals surface area contributed by atoms with E-state index < -0.39 is 0 Å². The molecule has 1 saturated carbocycles. The highest BCUT2D eigenvalue weighted by atomic mass is 16.5. The Morgan fingerprint density at radius 3 is 2.84 bits per heavy atom. The number of ether oxygens (including phenoxy) is 1. The Morgan fingerprint density at radius 2 is 2.16 bits per heavy atom. The molecule has 2 nitrogen and oxygen atoms in total. The van der Waals surface area contributed by atoms with Crippen LogP contribution in [-0.2, 0) is 11.5 Å². The highest BCUT2D eigenvalue weighted by molar-refractivity contribution is 5.01. The average molecular weight is 262 g/mol. The van der Waals surface area contributed by atoms with Crippen molar-refractivity contribution in [2.45, 2.75) is 59.8 Å². The molecule has 2 rings (SSSR count). The minimum absolute atomic E-state index is 0.428. The molecule has 1 heterocycles. The maximum atomic E-state index is 6.23. The number of hydrogen-bond donors (Lipinski definition) is 0. The van der Waals surface area contributed by atoms with Gasteiger partial charge in [0.1, 0.15) is 0 Å². The zero-order valence-corrected chi connectivity index (χ0v) is 12.8. The van der Waals surface area contributed by atoms with E-state index in [1.165, 1.54) is 24.8 Å². The van der Waals surface area contributed by atoms with Crippen LogP contribution in [-0.4, -0.2) is 6.10 Å². The van der Waals surface area contributed by atoms with E-state index in [1.54, 1.807) is 0 Å². The average Bonchev–Trinajstić information content (AvgIpc) is 2.36. The lowest BCUT2D eigenvalue weighted by Crippen LogP contribution is -2.41. The number of hydrogen-bond acceptors (Lipinski definition) is 1. The molecule has 1 aliphatic rings. The summed E-state index contributed by atoms with van der Waals surface area (Å²) >= 11 is 0. The monoisotopic (exact) mass is 262 g/mol.